The van der Waals surface area contributed by atoms with Crippen molar-refractivity contribution in [3.05, 3.63) is 53.1 Å². The Bertz CT molecular complexity index is 792. The maximum Gasteiger partial charge on any atom is 0.241 e. The van der Waals surface area contributed by atoms with Crippen molar-refractivity contribution in [3.63, 3.8) is 0 Å². The molecule has 1 atom stereocenters. The van der Waals surface area contributed by atoms with Crippen LogP contribution < -0.4 is 14.2 Å². The third-order valence-electron chi connectivity index (χ3n) is 3.35. The Morgan fingerprint density at radius 1 is 1.04 bits per heavy atom. The van der Waals surface area contributed by atoms with E-state index in [1.165, 1.54) is 26.4 Å². The van der Waals surface area contributed by atoms with Crippen LogP contribution in [0.2, 0.25) is 5.02 Å². The molecule has 2 rings (SSSR count). The first-order chi connectivity index (χ1) is 10.9. The number of hydrogen-bond acceptors (Lipinski definition) is 4. The minimum absolute atomic E-state index is 0.101. The third-order valence-corrected chi connectivity index (χ3v) is 5.12. The Labute approximate surface area is 141 Å². The van der Waals surface area contributed by atoms with E-state index in [0.29, 0.717) is 16.5 Å². The van der Waals surface area contributed by atoms with Gasteiger partial charge in [0.2, 0.25) is 10.0 Å². The van der Waals surface area contributed by atoms with E-state index in [1.54, 1.807) is 31.2 Å². The van der Waals surface area contributed by atoms with E-state index in [-0.39, 0.29) is 4.90 Å². The molecule has 0 amide bonds. The Balaban J connectivity index is 2.28. The van der Waals surface area contributed by atoms with Crippen LogP contribution in [0.4, 0.5) is 0 Å². The summed E-state index contributed by atoms with van der Waals surface area (Å²) in [7, 11) is -0.761. The van der Waals surface area contributed by atoms with Crippen molar-refractivity contribution in [2.45, 2.75) is 17.9 Å². The Hall–Kier alpha value is -1.76. The molecule has 0 heterocycles. The zero-order valence-corrected chi connectivity index (χ0v) is 14.6. The van der Waals surface area contributed by atoms with E-state index < -0.39 is 16.1 Å². The van der Waals surface area contributed by atoms with Gasteiger partial charge in [0.25, 0.3) is 0 Å². The van der Waals surface area contributed by atoms with E-state index >= 15 is 0 Å². The molecule has 0 aliphatic heterocycles. The van der Waals surface area contributed by atoms with Gasteiger partial charge in [-0.1, -0.05) is 23.7 Å². The van der Waals surface area contributed by atoms with Crippen LogP contribution in [0.5, 0.6) is 11.5 Å². The van der Waals surface area contributed by atoms with Gasteiger partial charge in [0.1, 0.15) is 0 Å². The van der Waals surface area contributed by atoms with Crippen LogP contribution in [0.25, 0.3) is 0 Å². The van der Waals surface area contributed by atoms with Gasteiger partial charge in [0.15, 0.2) is 11.5 Å². The lowest BCUT2D eigenvalue weighted by molar-refractivity contribution is 0.354. The van der Waals surface area contributed by atoms with Crippen LogP contribution in [0.15, 0.2) is 47.4 Å². The number of nitrogens with one attached hydrogen (secondary N) is 1. The first kappa shape index (κ1) is 17.6. The average molecular weight is 356 g/mol. The summed E-state index contributed by atoms with van der Waals surface area (Å²) in [5.74, 6) is 0.820. The molecular formula is C16H18ClNO4S. The second-order valence-electron chi connectivity index (χ2n) is 4.91. The first-order valence-electron chi connectivity index (χ1n) is 6.87. The fraction of sp³-hybridized carbons (Fsp3) is 0.250. The summed E-state index contributed by atoms with van der Waals surface area (Å²) in [4.78, 5) is 0.101. The van der Waals surface area contributed by atoms with Gasteiger partial charge >= 0.3 is 0 Å². The van der Waals surface area contributed by atoms with Crippen LogP contribution in [0.3, 0.4) is 0 Å². The van der Waals surface area contributed by atoms with Crippen LogP contribution in [0, 0.1) is 0 Å². The van der Waals surface area contributed by atoms with Gasteiger partial charge in [-0.3, -0.25) is 0 Å². The van der Waals surface area contributed by atoms with E-state index in [0.717, 1.165) is 5.56 Å². The standard InChI is InChI=1S/C16H18ClNO4S/c1-11(12-5-4-6-13(17)9-12)18-23(19,20)14-7-8-15(21-2)16(10-14)22-3/h4-11,18H,1-3H3/t11-/m1/s1. The normalized spacial score (nSPS) is 12.7. The molecule has 7 heteroatoms. The molecule has 2 aromatic carbocycles. The fourth-order valence-corrected chi connectivity index (χ4v) is 3.57. The number of sulfonamides is 1. The van der Waals surface area contributed by atoms with Gasteiger partial charge in [0, 0.05) is 17.1 Å². The van der Waals surface area contributed by atoms with Gasteiger partial charge in [-0.25, -0.2) is 13.1 Å². The minimum atomic E-state index is -3.71. The van der Waals surface area contributed by atoms with Gasteiger partial charge in [-0.05, 0) is 36.8 Å². The number of benzene rings is 2. The van der Waals surface area contributed by atoms with E-state index in [4.69, 9.17) is 21.1 Å². The summed E-state index contributed by atoms with van der Waals surface area (Å²) in [5.41, 5.74) is 0.779. The van der Waals surface area contributed by atoms with E-state index in [9.17, 15) is 8.42 Å². The molecular weight excluding hydrogens is 338 g/mol. The molecule has 0 unspecified atom stereocenters. The van der Waals surface area contributed by atoms with Crippen molar-refractivity contribution in [1.82, 2.24) is 4.72 Å². The summed E-state index contributed by atoms with van der Waals surface area (Å²) in [6.45, 7) is 1.75. The molecule has 2 aromatic rings. The molecule has 0 bridgehead atoms. The van der Waals surface area contributed by atoms with E-state index in [1.807, 2.05) is 6.07 Å². The van der Waals surface area contributed by atoms with Crippen LogP contribution in [-0.4, -0.2) is 22.6 Å². The summed E-state index contributed by atoms with van der Waals surface area (Å²) in [6.07, 6.45) is 0. The van der Waals surface area contributed by atoms with Crippen molar-refractivity contribution in [1.29, 1.82) is 0 Å². The lowest BCUT2D eigenvalue weighted by Crippen LogP contribution is -2.26. The highest BCUT2D eigenvalue weighted by Gasteiger charge is 2.20. The Morgan fingerprint density at radius 2 is 1.74 bits per heavy atom. The highest BCUT2D eigenvalue weighted by molar-refractivity contribution is 7.89. The molecule has 0 radical (unpaired) electrons. The number of hydrogen-bond donors (Lipinski definition) is 1. The maximum absolute atomic E-state index is 12.5. The van der Waals surface area contributed by atoms with E-state index in [2.05, 4.69) is 4.72 Å². The average Bonchev–Trinajstić information content (AvgIpc) is 2.53. The van der Waals surface area contributed by atoms with Crippen molar-refractivity contribution in [2.24, 2.45) is 0 Å². The smallest absolute Gasteiger partial charge is 0.241 e. The predicted molar refractivity (Wildman–Crippen MR) is 89.7 cm³/mol. The predicted octanol–water partition coefficient (Wildman–Crippen LogP) is 3.40. The number of methoxy groups -OCH3 is 2. The zero-order chi connectivity index (χ0) is 17.0. The Morgan fingerprint density at radius 3 is 2.35 bits per heavy atom. The maximum atomic E-state index is 12.5. The van der Waals surface area contributed by atoms with Crippen LogP contribution in [0.1, 0.15) is 18.5 Å². The first-order valence-corrected chi connectivity index (χ1v) is 8.73. The summed E-state index contributed by atoms with van der Waals surface area (Å²) in [6, 6.07) is 11.1. The summed E-state index contributed by atoms with van der Waals surface area (Å²) in [5, 5.41) is 0.555. The number of ether oxygens (including phenoxy) is 2. The molecule has 0 aliphatic rings. The molecule has 0 fully saturated rings. The number of rotatable bonds is 6. The minimum Gasteiger partial charge on any atom is -0.493 e. The Kier molecular flexibility index (Phi) is 5.51. The van der Waals surface area contributed by atoms with Crippen LogP contribution in [-0.2, 0) is 10.0 Å². The molecule has 1 N–H and O–H groups in total. The lowest BCUT2D eigenvalue weighted by atomic mass is 10.1. The monoisotopic (exact) mass is 355 g/mol. The second-order valence-corrected chi connectivity index (χ2v) is 7.07. The molecule has 0 aromatic heterocycles. The molecule has 23 heavy (non-hydrogen) atoms. The molecule has 5 nitrogen and oxygen atoms in total. The molecule has 0 aliphatic carbocycles. The lowest BCUT2D eigenvalue weighted by Gasteiger charge is -2.16. The summed E-state index contributed by atoms with van der Waals surface area (Å²) >= 11 is 5.94. The quantitative estimate of drug-likeness (QED) is 0.862. The summed E-state index contributed by atoms with van der Waals surface area (Å²) < 4.78 is 37.9. The SMILES string of the molecule is COc1ccc(S(=O)(=O)N[C@H](C)c2cccc(Cl)c2)cc1OC. The van der Waals surface area contributed by atoms with Crippen LogP contribution >= 0.6 is 11.6 Å². The fourth-order valence-electron chi connectivity index (χ4n) is 2.13. The van der Waals surface area contributed by atoms with Crippen molar-refractivity contribution in [3.8, 4) is 11.5 Å². The van der Waals surface area contributed by atoms with Crippen molar-refractivity contribution < 1.29 is 17.9 Å². The molecule has 0 saturated heterocycles. The highest BCUT2D eigenvalue weighted by atomic mass is 35.5. The van der Waals surface area contributed by atoms with Gasteiger partial charge in [-0.15, -0.1) is 0 Å². The third kappa shape index (κ3) is 4.16. The molecule has 124 valence electrons. The van der Waals surface area contributed by atoms with Crippen molar-refractivity contribution in [2.75, 3.05) is 14.2 Å². The van der Waals surface area contributed by atoms with Crippen molar-refractivity contribution >= 4 is 21.6 Å². The highest BCUT2D eigenvalue weighted by Crippen LogP contribution is 2.30. The van der Waals surface area contributed by atoms with Gasteiger partial charge in [-0.2, -0.15) is 0 Å². The van der Waals surface area contributed by atoms with Gasteiger partial charge in [0.05, 0.1) is 19.1 Å². The second kappa shape index (κ2) is 7.21. The largest absolute Gasteiger partial charge is 0.493 e. The molecule has 0 saturated carbocycles. The number of halogens is 1. The van der Waals surface area contributed by atoms with Gasteiger partial charge < -0.3 is 9.47 Å². The molecule has 0 spiro atoms. The zero-order valence-electron chi connectivity index (χ0n) is 13.0. The topological polar surface area (TPSA) is 64.6 Å².